The zero-order valence-electron chi connectivity index (χ0n) is 10.8. The molecule has 0 radical (unpaired) electrons. The predicted molar refractivity (Wildman–Crippen MR) is 71.5 cm³/mol. The molecule has 8 heteroatoms. The van der Waals surface area contributed by atoms with Crippen molar-refractivity contribution in [2.24, 2.45) is 0 Å². The molecule has 7 nitrogen and oxygen atoms in total. The summed E-state index contributed by atoms with van der Waals surface area (Å²) in [6.07, 6.45) is 3.13. The van der Waals surface area contributed by atoms with Crippen LogP contribution in [0.2, 0.25) is 0 Å². The van der Waals surface area contributed by atoms with E-state index in [-0.39, 0.29) is 23.8 Å². The maximum absolute atomic E-state index is 12.3. The van der Waals surface area contributed by atoms with E-state index in [1.54, 1.807) is 12.3 Å². The highest BCUT2D eigenvalue weighted by atomic mass is 32.2. The lowest BCUT2D eigenvalue weighted by molar-refractivity contribution is 0.281. The maximum Gasteiger partial charge on any atom is 0.244 e. The van der Waals surface area contributed by atoms with Crippen LogP contribution in [0.5, 0.6) is 5.75 Å². The molecule has 1 heterocycles. The number of hydrogen-bond acceptors (Lipinski definition) is 5. The third kappa shape index (κ3) is 3.16. The van der Waals surface area contributed by atoms with E-state index < -0.39 is 10.0 Å². The molecular weight excluding hydrogens is 282 g/mol. The van der Waals surface area contributed by atoms with Crippen molar-refractivity contribution in [2.75, 3.05) is 7.11 Å². The van der Waals surface area contributed by atoms with Crippen LogP contribution in [0.4, 0.5) is 0 Å². The Kier molecular flexibility index (Phi) is 4.38. The van der Waals surface area contributed by atoms with Crippen LogP contribution in [0.25, 0.3) is 0 Å². The van der Waals surface area contributed by atoms with E-state index in [0.717, 1.165) is 0 Å². The average Bonchev–Trinajstić information content (AvgIpc) is 2.98. The molecule has 3 N–H and O–H groups in total. The number of nitrogens with zero attached hydrogens (tertiary/aromatic N) is 1. The summed E-state index contributed by atoms with van der Waals surface area (Å²) in [5, 5.41) is 15.4. The summed E-state index contributed by atoms with van der Waals surface area (Å²) in [6, 6.07) is 4.50. The minimum atomic E-state index is -3.74. The summed E-state index contributed by atoms with van der Waals surface area (Å²) in [7, 11) is -2.35. The average molecular weight is 297 g/mol. The number of aromatic amines is 1. The minimum Gasteiger partial charge on any atom is -0.495 e. The Morgan fingerprint density at radius 2 is 2.20 bits per heavy atom. The number of methoxy groups -OCH3 is 1. The van der Waals surface area contributed by atoms with E-state index in [0.29, 0.717) is 11.1 Å². The molecule has 0 aliphatic heterocycles. The second-order valence-electron chi connectivity index (χ2n) is 4.07. The predicted octanol–water partition coefficient (Wildman–Crippen LogP) is 0.389. The fourth-order valence-electron chi connectivity index (χ4n) is 1.66. The number of hydrogen-bond donors (Lipinski definition) is 3. The highest BCUT2D eigenvalue weighted by molar-refractivity contribution is 7.89. The first-order chi connectivity index (χ1) is 9.56. The van der Waals surface area contributed by atoms with E-state index in [9.17, 15) is 8.42 Å². The van der Waals surface area contributed by atoms with Gasteiger partial charge in [-0.25, -0.2) is 13.1 Å². The first-order valence-corrected chi connectivity index (χ1v) is 7.30. The van der Waals surface area contributed by atoms with Crippen LogP contribution < -0.4 is 9.46 Å². The van der Waals surface area contributed by atoms with Gasteiger partial charge in [0, 0.05) is 18.3 Å². The topological polar surface area (TPSA) is 104 Å². The molecule has 20 heavy (non-hydrogen) atoms. The van der Waals surface area contributed by atoms with Gasteiger partial charge in [0.05, 0.1) is 19.9 Å². The number of nitrogens with one attached hydrogen (secondary N) is 2. The van der Waals surface area contributed by atoms with Crippen LogP contribution in [0.1, 0.15) is 11.1 Å². The lowest BCUT2D eigenvalue weighted by Crippen LogP contribution is -2.23. The zero-order valence-corrected chi connectivity index (χ0v) is 11.6. The number of H-pyrrole nitrogens is 1. The normalized spacial score (nSPS) is 11.5. The third-order valence-electron chi connectivity index (χ3n) is 2.72. The van der Waals surface area contributed by atoms with E-state index in [1.807, 2.05) is 0 Å². The monoisotopic (exact) mass is 297 g/mol. The van der Waals surface area contributed by atoms with Crippen molar-refractivity contribution in [3.63, 3.8) is 0 Å². The van der Waals surface area contributed by atoms with Crippen LogP contribution in [-0.2, 0) is 23.2 Å². The summed E-state index contributed by atoms with van der Waals surface area (Å²) in [6.45, 7) is -0.125. The fraction of sp³-hybridized carbons (Fsp3) is 0.250. The Labute approximate surface area is 116 Å². The van der Waals surface area contributed by atoms with Gasteiger partial charge in [0.25, 0.3) is 0 Å². The standard InChI is InChI=1S/C12H15N3O4S/c1-19-11-3-2-9(8-16)4-12(11)20(17,18)15-7-10-5-13-14-6-10/h2-6,15-16H,7-8H2,1H3,(H,13,14). The molecule has 1 aromatic heterocycles. The van der Waals surface area contributed by atoms with Gasteiger partial charge < -0.3 is 9.84 Å². The molecular formula is C12H15N3O4S. The lowest BCUT2D eigenvalue weighted by atomic mass is 10.2. The van der Waals surface area contributed by atoms with Gasteiger partial charge in [-0.1, -0.05) is 6.07 Å². The molecule has 0 bridgehead atoms. The molecule has 0 spiro atoms. The second-order valence-corrected chi connectivity index (χ2v) is 5.81. The number of rotatable bonds is 6. The molecule has 0 amide bonds. The number of aliphatic hydroxyl groups is 1. The second kappa shape index (κ2) is 6.04. The fourth-order valence-corrected chi connectivity index (χ4v) is 2.89. The molecule has 2 aromatic rings. The molecule has 0 fully saturated rings. The first-order valence-electron chi connectivity index (χ1n) is 5.82. The number of aromatic nitrogens is 2. The van der Waals surface area contributed by atoms with Crippen molar-refractivity contribution >= 4 is 10.0 Å². The smallest absolute Gasteiger partial charge is 0.244 e. The van der Waals surface area contributed by atoms with Crippen molar-refractivity contribution < 1.29 is 18.3 Å². The van der Waals surface area contributed by atoms with Gasteiger partial charge in [-0.15, -0.1) is 0 Å². The van der Waals surface area contributed by atoms with Crippen molar-refractivity contribution in [1.82, 2.24) is 14.9 Å². The summed E-state index contributed by atoms with van der Waals surface area (Å²) in [4.78, 5) is -0.00459. The van der Waals surface area contributed by atoms with E-state index in [1.165, 1.54) is 25.4 Å². The van der Waals surface area contributed by atoms with E-state index >= 15 is 0 Å². The van der Waals surface area contributed by atoms with E-state index in [4.69, 9.17) is 9.84 Å². The highest BCUT2D eigenvalue weighted by Crippen LogP contribution is 2.25. The molecule has 0 aliphatic carbocycles. The maximum atomic E-state index is 12.3. The Morgan fingerprint density at radius 1 is 1.40 bits per heavy atom. The SMILES string of the molecule is COc1ccc(CO)cc1S(=O)(=O)NCc1cn[nH]c1. The van der Waals surface area contributed by atoms with Gasteiger partial charge in [0.2, 0.25) is 10.0 Å². The zero-order chi connectivity index (χ0) is 14.6. The lowest BCUT2D eigenvalue weighted by Gasteiger charge is -2.11. The molecule has 0 saturated heterocycles. The van der Waals surface area contributed by atoms with Gasteiger partial charge in [0.15, 0.2) is 0 Å². The van der Waals surface area contributed by atoms with Crippen molar-refractivity contribution in [1.29, 1.82) is 0 Å². The van der Waals surface area contributed by atoms with Crippen LogP contribution in [0.3, 0.4) is 0 Å². The third-order valence-corrected chi connectivity index (χ3v) is 4.14. The van der Waals surface area contributed by atoms with Crippen LogP contribution >= 0.6 is 0 Å². The number of aliphatic hydroxyl groups excluding tert-OH is 1. The Bertz CT molecular complexity index is 668. The van der Waals surface area contributed by atoms with Crippen LogP contribution in [0.15, 0.2) is 35.5 Å². The van der Waals surface area contributed by atoms with Crippen molar-refractivity contribution in [2.45, 2.75) is 18.0 Å². The van der Waals surface area contributed by atoms with Gasteiger partial charge in [0.1, 0.15) is 10.6 Å². The number of ether oxygens (including phenoxy) is 1. The van der Waals surface area contributed by atoms with Crippen LogP contribution in [0, 0.1) is 0 Å². The molecule has 0 unspecified atom stereocenters. The van der Waals surface area contributed by atoms with Crippen LogP contribution in [-0.4, -0.2) is 30.8 Å². The van der Waals surface area contributed by atoms with E-state index in [2.05, 4.69) is 14.9 Å². The number of benzene rings is 1. The van der Waals surface area contributed by atoms with Gasteiger partial charge in [-0.3, -0.25) is 5.10 Å². The van der Waals surface area contributed by atoms with Gasteiger partial charge >= 0.3 is 0 Å². The summed E-state index contributed by atoms with van der Waals surface area (Å²) in [5.74, 6) is 0.224. The highest BCUT2D eigenvalue weighted by Gasteiger charge is 2.19. The minimum absolute atomic E-state index is 0.00459. The molecule has 0 atom stereocenters. The first kappa shape index (κ1) is 14.5. The Balaban J connectivity index is 2.28. The quantitative estimate of drug-likeness (QED) is 0.715. The summed E-state index contributed by atoms with van der Waals surface area (Å²) >= 11 is 0. The largest absolute Gasteiger partial charge is 0.495 e. The summed E-state index contributed by atoms with van der Waals surface area (Å²) in [5.41, 5.74) is 1.21. The molecule has 0 aliphatic rings. The Hall–Kier alpha value is -1.90. The molecule has 1 aromatic carbocycles. The molecule has 108 valence electrons. The Morgan fingerprint density at radius 3 is 2.80 bits per heavy atom. The number of sulfonamides is 1. The van der Waals surface area contributed by atoms with Gasteiger partial charge in [-0.2, -0.15) is 5.10 Å². The summed E-state index contributed by atoms with van der Waals surface area (Å²) < 4.78 is 32.0. The van der Waals surface area contributed by atoms with Crippen molar-refractivity contribution in [3.05, 3.63) is 41.7 Å². The molecule has 0 saturated carbocycles. The van der Waals surface area contributed by atoms with Crippen molar-refractivity contribution in [3.8, 4) is 5.75 Å². The molecule has 2 rings (SSSR count). The van der Waals surface area contributed by atoms with Gasteiger partial charge in [-0.05, 0) is 17.7 Å².